The fourth-order valence-electron chi connectivity index (χ4n) is 4.07. The molecule has 1 amide bonds. The highest BCUT2D eigenvalue weighted by Crippen LogP contribution is 2.30. The van der Waals surface area contributed by atoms with E-state index in [1.165, 1.54) is 4.31 Å². The minimum atomic E-state index is -3.37. The molecular formula is C20H24N4O4S. The molecule has 0 radical (unpaired) electrons. The minimum Gasteiger partial charge on any atom is -0.328 e. The molecule has 1 aromatic carbocycles. The molecule has 1 N–H and O–H groups in total. The van der Waals surface area contributed by atoms with Crippen LogP contribution >= 0.6 is 0 Å². The Morgan fingerprint density at radius 1 is 1.17 bits per heavy atom. The number of fused-ring (bicyclic) bond motifs is 1. The van der Waals surface area contributed by atoms with Gasteiger partial charge in [0.05, 0.1) is 23.6 Å². The molecule has 3 heterocycles. The van der Waals surface area contributed by atoms with Gasteiger partial charge in [0.15, 0.2) is 0 Å². The van der Waals surface area contributed by atoms with Crippen molar-refractivity contribution in [3.05, 3.63) is 63.3 Å². The van der Waals surface area contributed by atoms with Crippen LogP contribution in [0.4, 0.5) is 0 Å². The van der Waals surface area contributed by atoms with Crippen molar-refractivity contribution in [2.24, 2.45) is 0 Å². The van der Waals surface area contributed by atoms with E-state index in [1.807, 2.05) is 18.2 Å². The first-order chi connectivity index (χ1) is 13.8. The summed E-state index contributed by atoms with van der Waals surface area (Å²) < 4.78 is 24.9. The molecule has 0 aliphatic carbocycles. The highest BCUT2D eigenvalue weighted by Gasteiger charge is 2.32. The molecule has 1 atom stereocenters. The summed E-state index contributed by atoms with van der Waals surface area (Å²) in [7, 11) is -3.37. The quantitative estimate of drug-likeness (QED) is 0.816. The summed E-state index contributed by atoms with van der Waals surface area (Å²) in [5, 5.41) is 0. The number of aromatic amines is 1. The number of nitrogens with zero attached hydrogens (tertiary/aromatic N) is 3. The van der Waals surface area contributed by atoms with Gasteiger partial charge in [0.1, 0.15) is 5.82 Å². The average molecular weight is 417 g/mol. The Balaban J connectivity index is 1.66. The topological polar surface area (TPSA) is 103 Å². The van der Waals surface area contributed by atoms with Crippen LogP contribution in [0.1, 0.15) is 52.7 Å². The van der Waals surface area contributed by atoms with Gasteiger partial charge in [0.2, 0.25) is 10.0 Å². The van der Waals surface area contributed by atoms with Crippen LogP contribution in [0.3, 0.4) is 0 Å². The van der Waals surface area contributed by atoms with Crippen molar-refractivity contribution >= 4 is 15.9 Å². The van der Waals surface area contributed by atoms with Gasteiger partial charge in [-0.2, -0.15) is 4.31 Å². The second-order valence-electron chi connectivity index (χ2n) is 7.60. The number of H-pyrrole nitrogens is 1. The Hall–Kier alpha value is -2.52. The molecule has 2 aliphatic heterocycles. The summed E-state index contributed by atoms with van der Waals surface area (Å²) in [6.07, 6.45) is 4.12. The number of hydrogen-bond donors (Lipinski definition) is 1. The van der Waals surface area contributed by atoms with Crippen molar-refractivity contribution in [2.45, 2.75) is 38.3 Å². The van der Waals surface area contributed by atoms with Gasteiger partial charge in [-0.1, -0.05) is 18.2 Å². The number of sulfonamides is 1. The molecule has 29 heavy (non-hydrogen) atoms. The third-order valence-corrected chi connectivity index (χ3v) is 6.87. The smallest absolute Gasteiger partial charge is 0.255 e. The van der Waals surface area contributed by atoms with Crippen LogP contribution < -0.4 is 5.56 Å². The first-order valence-electron chi connectivity index (χ1n) is 9.77. The number of benzene rings is 1. The maximum absolute atomic E-state index is 13.0. The minimum absolute atomic E-state index is 0.0358. The summed E-state index contributed by atoms with van der Waals surface area (Å²) in [6, 6.07) is 8.82. The number of hydrogen-bond acceptors (Lipinski definition) is 5. The first-order valence-corrected chi connectivity index (χ1v) is 11.6. The Kier molecular flexibility index (Phi) is 5.26. The number of rotatable bonds is 3. The van der Waals surface area contributed by atoms with Crippen LogP contribution in [0.5, 0.6) is 0 Å². The third-order valence-electron chi connectivity index (χ3n) is 5.62. The Morgan fingerprint density at radius 3 is 2.66 bits per heavy atom. The zero-order chi connectivity index (χ0) is 20.6. The first kappa shape index (κ1) is 19.8. The molecular weight excluding hydrogens is 392 g/mol. The van der Waals surface area contributed by atoms with E-state index in [0.29, 0.717) is 42.2 Å². The average Bonchev–Trinajstić information content (AvgIpc) is 2.73. The van der Waals surface area contributed by atoms with Gasteiger partial charge < -0.3 is 9.88 Å². The molecule has 154 valence electrons. The van der Waals surface area contributed by atoms with E-state index in [2.05, 4.69) is 9.97 Å². The lowest BCUT2D eigenvalue weighted by atomic mass is 9.99. The third kappa shape index (κ3) is 3.97. The van der Waals surface area contributed by atoms with Crippen LogP contribution in [0.15, 0.2) is 35.1 Å². The summed E-state index contributed by atoms with van der Waals surface area (Å²) in [5.41, 5.74) is 1.31. The fourth-order valence-corrected chi connectivity index (χ4v) is 4.85. The Labute approximate surface area is 169 Å². The van der Waals surface area contributed by atoms with Crippen molar-refractivity contribution in [1.29, 1.82) is 0 Å². The molecule has 0 spiro atoms. The summed E-state index contributed by atoms with van der Waals surface area (Å²) in [4.78, 5) is 35.1. The number of aromatic nitrogens is 2. The van der Waals surface area contributed by atoms with Crippen molar-refractivity contribution in [3.8, 4) is 0 Å². The van der Waals surface area contributed by atoms with E-state index in [9.17, 15) is 18.0 Å². The lowest BCUT2D eigenvalue weighted by molar-refractivity contribution is 0.0599. The summed E-state index contributed by atoms with van der Waals surface area (Å²) in [5.74, 6) is 0.421. The number of nitrogens with one attached hydrogen (secondary N) is 1. The van der Waals surface area contributed by atoms with Crippen molar-refractivity contribution < 1.29 is 13.2 Å². The monoisotopic (exact) mass is 416 g/mol. The van der Waals surface area contributed by atoms with Crippen LogP contribution in [0.2, 0.25) is 0 Å². The Bertz CT molecular complexity index is 1080. The Morgan fingerprint density at radius 2 is 1.93 bits per heavy atom. The van der Waals surface area contributed by atoms with Crippen LogP contribution in [-0.2, 0) is 23.0 Å². The van der Waals surface area contributed by atoms with Crippen molar-refractivity contribution in [1.82, 2.24) is 19.2 Å². The molecule has 8 nitrogen and oxygen atoms in total. The molecule has 2 aliphatic rings. The molecule has 1 saturated heterocycles. The van der Waals surface area contributed by atoms with Gasteiger partial charge >= 0.3 is 0 Å². The summed E-state index contributed by atoms with van der Waals surface area (Å²) in [6.45, 7) is 0.953. The predicted octanol–water partition coefficient (Wildman–Crippen LogP) is 1.45. The molecule has 0 bridgehead atoms. The lowest BCUT2D eigenvalue weighted by Gasteiger charge is -2.35. The molecule has 9 heteroatoms. The lowest BCUT2D eigenvalue weighted by Crippen LogP contribution is -2.42. The zero-order valence-electron chi connectivity index (χ0n) is 16.3. The van der Waals surface area contributed by atoms with Gasteiger partial charge in [0, 0.05) is 31.6 Å². The number of likely N-dealkylation sites (tertiary alicyclic amines) is 1. The fraction of sp³-hybridized carbons (Fsp3) is 0.450. The standard InChI is InChI=1S/C20H24N4O4S/c1-29(27,28)23-12-10-16-15(13-23)19(25)22-18(21-16)17-9-5-6-11-24(17)20(26)14-7-3-2-4-8-14/h2-4,7-8,17H,5-6,9-13H2,1H3,(H,21,22,25)/t17-/m1/s1. The number of carbonyl (C=O) groups is 1. The number of carbonyl (C=O) groups excluding carboxylic acids is 1. The highest BCUT2D eigenvalue weighted by molar-refractivity contribution is 7.88. The van der Waals surface area contributed by atoms with E-state index in [0.717, 1.165) is 25.5 Å². The highest BCUT2D eigenvalue weighted by atomic mass is 32.2. The molecule has 0 unspecified atom stereocenters. The van der Waals surface area contributed by atoms with Crippen LogP contribution in [0, 0.1) is 0 Å². The van der Waals surface area contributed by atoms with E-state index in [-0.39, 0.29) is 24.1 Å². The van der Waals surface area contributed by atoms with Crippen molar-refractivity contribution in [3.63, 3.8) is 0 Å². The second kappa shape index (κ2) is 7.72. The summed E-state index contributed by atoms with van der Waals surface area (Å²) >= 11 is 0. The van der Waals surface area contributed by atoms with Crippen molar-refractivity contribution in [2.75, 3.05) is 19.3 Å². The van der Waals surface area contributed by atoms with Crippen LogP contribution in [0.25, 0.3) is 0 Å². The van der Waals surface area contributed by atoms with E-state index < -0.39 is 10.0 Å². The second-order valence-corrected chi connectivity index (χ2v) is 9.58. The van der Waals surface area contributed by atoms with Crippen LogP contribution in [-0.4, -0.2) is 52.8 Å². The van der Waals surface area contributed by atoms with Gasteiger partial charge in [-0.25, -0.2) is 13.4 Å². The molecule has 1 fully saturated rings. The van der Waals surface area contributed by atoms with E-state index >= 15 is 0 Å². The normalized spacial score (nSPS) is 20.3. The van der Waals surface area contributed by atoms with E-state index in [4.69, 9.17) is 0 Å². The van der Waals surface area contributed by atoms with Gasteiger partial charge in [-0.05, 0) is 31.4 Å². The van der Waals surface area contributed by atoms with Gasteiger partial charge in [-0.3, -0.25) is 9.59 Å². The zero-order valence-corrected chi connectivity index (χ0v) is 17.1. The maximum atomic E-state index is 13.0. The largest absolute Gasteiger partial charge is 0.328 e. The molecule has 4 rings (SSSR count). The van der Waals surface area contributed by atoms with E-state index in [1.54, 1.807) is 17.0 Å². The molecule has 2 aromatic rings. The maximum Gasteiger partial charge on any atom is 0.255 e. The van der Waals surface area contributed by atoms with Gasteiger partial charge in [-0.15, -0.1) is 0 Å². The molecule has 1 aromatic heterocycles. The van der Waals surface area contributed by atoms with Gasteiger partial charge in [0.25, 0.3) is 11.5 Å². The number of amides is 1. The predicted molar refractivity (Wildman–Crippen MR) is 108 cm³/mol. The SMILES string of the molecule is CS(=O)(=O)N1CCc2nc([C@H]3CCCCN3C(=O)c3ccccc3)[nH]c(=O)c2C1. The molecule has 0 saturated carbocycles. The number of piperidine rings is 1.